The Morgan fingerprint density at radius 2 is 2.25 bits per heavy atom. The molecule has 1 saturated heterocycles. The summed E-state index contributed by atoms with van der Waals surface area (Å²) in [6.45, 7) is 5.41. The van der Waals surface area contributed by atoms with Gasteiger partial charge in [0.2, 0.25) is 5.91 Å². The number of carbonyl (C=O) groups excluding carboxylic acids is 1. The van der Waals surface area contributed by atoms with Gasteiger partial charge in [0.1, 0.15) is 0 Å². The van der Waals surface area contributed by atoms with Crippen molar-refractivity contribution in [1.82, 2.24) is 10.6 Å². The van der Waals surface area contributed by atoms with Gasteiger partial charge in [0, 0.05) is 6.54 Å². The van der Waals surface area contributed by atoms with Gasteiger partial charge in [-0.1, -0.05) is 13.8 Å². The smallest absolute Gasteiger partial charge is 0.237 e. The van der Waals surface area contributed by atoms with Gasteiger partial charge in [-0.3, -0.25) is 4.79 Å². The maximum Gasteiger partial charge on any atom is 0.237 e. The van der Waals surface area contributed by atoms with E-state index in [1.165, 1.54) is 0 Å². The molecule has 1 fully saturated rings. The maximum absolute atomic E-state index is 11.6. The summed E-state index contributed by atoms with van der Waals surface area (Å²) in [5.74, 6) is 0.483. The van der Waals surface area contributed by atoms with Crippen LogP contribution in [0.4, 0.5) is 0 Å². The Bertz CT molecular complexity index is 206. The van der Waals surface area contributed by atoms with Crippen LogP contribution in [-0.2, 0) is 4.79 Å². The first-order valence-corrected chi connectivity index (χ1v) is 5.78. The fourth-order valence-corrected chi connectivity index (χ4v) is 1.88. The van der Waals surface area contributed by atoms with Gasteiger partial charge in [-0.2, -0.15) is 0 Å². The minimum atomic E-state index is -0.421. The van der Waals surface area contributed by atoms with E-state index in [0.717, 1.165) is 25.8 Å². The molecule has 3 N–H and O–H groups in total. The second-order valence-electron chi connectivity index (χ2n) is 4.68. The Morgan fingerprint density at radius 1 is 1.56 bits per heavy atom. The molecule has 1 aliphatic heterocycles. The fraction of sp³-hybridized carbons (Fsp3) is 0.909. The molecule has 2 unspecified atom stereocenters. The first-order valence-electron chi connectivity index (χ1n) is 5.78. The average Bonchev–Trinajstić information content (AvgIpc) is 2.65. The van der Waals surface area contributed by atoms with Gasteiger partial charge in [0.05, 0.1) is 12.1 Å². The lowest BCUT2D eigenvalue weighted by Gasteiger charge is -2.16. The lowest BCUT2D eigenvalue weighted by atomic mass is 10.1. The van der Waals surface area contributed by atoms with Crippen LogP contribution in [0.3, 0.4) is 0 Å². The number of hydrogen-bond acceptors (Lipinski definition) is 3. The summed E-state index contributed by atoms with van der Waals surface area (Å²) in [6, 6.07) is -0.0451. The molecule has 0 radical (unpaired) electrons. The topological polar surface area (TPSA) is 61.4 Å². The molecular weight excluding hydrogens is 228 g/mol. The summed E-state index contributed by atoms with van der Waals surface area (Å²) >= 11 is 0. The van der Waals surface area contributed by atoms with Gasteiger partial charge in [0.15, 0.2) is 0 Å². The summed E-state index contributed by atoms with van der Waals surface area (Å²) in [5.41, 5.74) is 0. The highest BCUT2D eigenvalue weighted by Gasteiger charge is 2.22. The first kappa shape index (κ1) is 15.7. The zero-order chi connectivity index (χ0) is 11.3. The largest absolute Gasteiger partial charge is 0.391 e. The number of amides is 1. The monoisotopic (exact) mass is 250 g/mol. The fourth-order valence-electron chi connectivity index (χ4n) is 1.88. The van der Waals surface area contributed by atoms with Gasteiger partial charge in [0.25, 0.3) is 0 Å². The molecule has 1 rings (SSSR count). The molecule has 0 saturated carbocycles. The second-order valence-corrected chi connectivity index (χ2v) is 4.68. The van der Waals surface area contributed by atoms with E-state index in [0.29, 0.717) is 12.5 Å². The van der Waals surface area contributed by atoms with Gasteiger partial charge < -0.3 is 15.7 Å². The van der Waals surface area contributed by atoms with E-state index < -0.39 is 6.10 Å². The van der Waals surface area contributed by atoms with Crippen molar-refractivity contribution in [1.29, 1.82) is 0 Å². The van der Waals surface area contributed by atoms with Crippen molar-refractivity contribution < 1.29 is 9.90 Å². The molecule has 16 heavy (non-hydrogen) atoms. The first-order chi connectivity index (χ1) is 7.09. The van der Waals surface area contributed by atoms with E-state index in [1.54, 1.807) is 0 Å². The van der Waals surface area contributed by atoms with E-state index >= 15 is 0 Å². The molecule has 1 aliphatic rings. The molecule has 4 nitrogen and oxygen atoms in total. The third-order valence-electron chi connectivity index (χ3n) is 2.63. The van der Waals surface area contributed by atoms with Crippen LogP contribution in [0, 0.1) is 5.92 Å². The zero-order valence-corrected chi connectivity index (χ0v) is 10.8. The third-order valence-corrected chi connectivity index (χ3v) is 2.63. The van der Waals surface area contributed by atoms with Gasteiger partial charge in [-0.05, 0) is 31.7 Å². The van der Waals surface area contributed by atoms with Crippen LogP contribution in [-0.4, -0.2) is 36.2 Å². The molecule has 0 aromatic rings. The third kappa shape index (κ3) is 5.68. The molecule has 0 aromatic carbocycles. The normalized spacial score (nSPS) is 21.6. The van der Waals surface area contributed by atoms with E-state index in [1.807, 2.05) is 0 Å². The molecule has 5 heteroatoms. The van der Waals surface area contributed by atoms with Crippen LogP contribution in [0.1, 0.15) is 33.1 Å². The zero-order valence-electron chi connectivity index (χ0n) is 10.0. The molecule has 0 aliphatic carbocycles. The number of hydrogen-bond donors (Lipinski definition) is 3. The summed E-state index contributed by atoms with van der Waals surface area (Å²) in [6.07, 6.45) is 2.28. The SMILES string of the molecule is CC(C)CC(O)CNC(=O)C1CCCN1.Cl. The average molecular weight is 251 g/mol. The van der Waals surface area contributed by atoms with Gasteiger partial charge >= 0.3 is 0 Å². The molecule has 2 atom stereocenters. The number of aliphatic hydroxyl groups is 1. The predicted octanol–water partition coefficient (Wildman–Crippen LogP) is 0.683. The highest BCUT2D eigenvalue weighted by atomic mass is 35.5. The Labute approximate surface area is 104 Å². The van der Waals surface area contributed by atoms with Gasteiger partial charge in [-0.25, -0.2) is 0 Å². The Kier molecular flexibility index (Phi) is 7.72. The number of rotatable bonds is 5. The lowest BCUT2D eigenvalue weighted by Crippen LogP contribution is -2.43. The predicted molar refractivity (Wildman–Crippen MR) is 66.7 cm³/mol. The molecule has 0 aromatic heterocycles. The van der Waals surface area contributed by atoms with Crippen molar-refractivity contribution in [2.75, 3.05) is 13.1 Å². The lowest BCUT2D eigenvalue weighted by molar-refractivity contribution is -0.123. The Balaban J connectivity index is 0.00000225. The Hall–Kier alpha value is -0.320. The van der Waals surface area contributed by atoms with Crippen LogP contribution >= 0.6 is 12.4 Å². The second kappa shape index (κ2) is 7.87. The number of halogens is 1. The maximum atomic E-state index is 11.6. The van der Waals surface area contributed by atoms with Crippen LogP contribution in [0.15, 0.2) is 0 Å². The highest BCUT2D eigenvalue weighted by molar-refractivity contribution is 5.85. The molecule has 1 heterocycles. The summed E-state index contributed by atoms with van der Waals surface area (Å²) in [5, 5.41) is 15.5. The Morgan fingerprint density at radius 3 is 2.75 bits per heavy atom. The van der Waals surface area contributed by atoms with Crippen LogP contribution < -0.4 is 10.6 Å². The van der Waals surface area contributed by atoms with Crippen molar-refractivity contribution >= 4 is 18.3 Å². The molecule has 96 valence electrons. The molecule has 0 bridgehead atoms. The minimum Gasteiger partial charge on any atom is -0.391 e. The van der Waals surface area contributed by atoms with Crippen molar-refractivity contribution in [3.8, 4) is 0 Å². The summed E-state index contributed by atoms with van der Waals surface area (Å²) < 4.78 is 0. The van der Waals surface area contributed by atoms with Crippen molar-refractivity contribution in [2.45, 2.75) is 45.3 Å². The van der Waals surface area contributed by atoms with E-state index in [2.05, 4.69) is 24.5 Å². The molecule has 0 spiro atoms. The van der Waals surface area contributed by atoms with E-state index in [9.17, 15) is 9.90 Å². The van der Waals surface area contributed by atoms with Crippen molar-refractivity contribution in [3.63, 3.8) is 0 Å². The van der Waals surface area contributed by atoms with Gasteiger partial charge in [-0.15, -0.1) is 12.4 Å². The molecule has 1 amide bonds. The summed E-state index contributed by atoms with van der Waals surface area (Å²) in [7, 11) is 0. The number of carbonyl (C=O) groups is 1. The number of aliphatic hydroxyl groups excluding tert-OH is 1. The van der Waals surface area contributed by atoms with Crippen molar-refractivity contribution in [2.24, 2.45) is 5.92 Å². The summed E-state index contributed by atoms with van der Waals surface area (Å²) in [4.78, 5) is 11.6. The van der Waals surface area contributed by atoms with Crippen molar-refractivity contribution in [3.05, 3.63) is 0 Å². The van der Waals surface area contributed by atoms with E-state index in [4.69, 9.17) is 0 Å². The highest BCUT2D eigenvalue weighted by Crippen LogP contribution is 2.06. The van der Waals surface area contributed by atoms with E-state index in [-0.39, 0.29) is 24.4 Å². The quantitative estimate of drug-likeness (QED) is 0.673. The standard InChI is InChI=1S/C11H22N2O2.ClH/c1-8(2)6-9(14)7-13-11(15)10-4-3-5-12-10;/h8-10,12,14H,3-7H2,1-2H3,(H,13,15);1H. The number of nitrogens with one attached hydrogen (secondary N) is 2. The van der Waals surface area contributed by atoms with Crippen LogP contribution in [0.2, 0.25) is 0 Å². The minimum absolute atomic E-state index is 0. The van der Waals surface area contributed by atoms with Crippen LogP contribution in [0.5, 0.6) is 0 Å². The van der Waals surface area contributed by atoms with Crippen LogP contribution in [0.25, 0.3) is 0 Å². The molecular formula is C11H23ClN2O2.